The van der Waals surface area contributed by atoms with Gasteiger partial charge in [0.05, 0.1) is 20.6 Å². The molecule has 0 radical (unpaired) electrons. The van der Waals surface area contributed by atoms with Crippen LogP contribution in [0.15, 0.2) is 0 Å². The first-order valence-corrected chi connectivity index (χ1v) is 17.6. The summed E-state index contributed by atoms with van der Waals surface area (Å²) < 4.78 is -0.127. The zero-order valence-corrected chi connectivity index (χ0v) is 27.7. The van der Waals surface area contributed by atoms with Crippen LogP contribution in [-0.4, -0.2) is 38.4 Å². The van der Waals surface area contributed by atoms with Gasteiger partial charge in [-0.3, -0.25) is 0 Å². The Morgan fingerprint density at radius 1 is 0.462 bits per heavy atom. The molecule has 0 aromatic heterocycles. The van der Waals surface area contributed by atoms with Crippen molar-refractivity contribution in [3.8, 4) is 0 Å². The first-order valence-electron chi connectivity index (χ1n) is 17.6. The number of nitrogens with one attached hydrogen (secondary N) is 1. The maximum Gasteiger partial charge on any atom is 0.107 e. The van der Waals surface area contributed by atoms with Gasteiger partial charge in [-0.2, -0.15) is 0 Å². The van der Waals surface area contributed by atoms with Gasteiger partial charge in [-0.15, -0.1) is 0 Å². The Hall–Kier alpha value is -0.200. The monoisotopic (exact) mass is 559 g/mol. The summed E-state index contributed by atoms with van der Waals surface area (Å²) in [5, 5.41) is 22.4. The van der Waals surface area contributed by atoms with Gasteiger partial charge in [0.2, 0.25) is 0 Å². The molecule has 0 aromatic rings. The van der Waals surface area contributed by atoms with Crippen molar-refractivity contribution in [3.63, 3.8) is 0 Å². The zero-order valence-electron chi connectivity index (χ0n) is 27.7. The van der Waals surface area contributed by atoms with Crippen LogP contribution < -0.4 is 5.23 Å². The summed E-state index contributed by atoms with van der Waals surface area (Å²) in [6.07, 6.45) is 35.2. The maximum absolute atomic E-state index is 11.4. The van der Waals surface area contributed by atoms with E-state index in [1.54, 1.807) is 14.1 Å². The Kier molecular flexibility index (Phi) is 35.7. The van der Waals surface area contributed by atoms with E-state index in [0.29, 0.717) is 13.2 Å². The topological polar surface area (TPSA) is 59.8 Å². The lowest BCUT2D eigenvalue weighted by Gasteiger charge is -2.33. The number of hydrogen-bond acceptors (Lipinski definition) is 3. The SMILES string of the molecule is CCCCCCCCCCCCCCCC[N+](C)(C)[O-].CCCCCCCCCCCCCC[NH+]([O-])OCC. The molecule has 0 rings (SSSR count). The van der Waals surface area contributed by atoms with Crippen molar-refractivity contribution in [3.05, 3.63) is 10.4 Å². The predicted octanol–water partition coefficient (Wildman–Crippen LogP) is 10.1. The number of hydrogen-bond donors (Lipinski definition) is 1. The Labute approximate surface area is 246 Å². The van der Waals surface area contributed by atoms with Crippen molar-refractivity contribution in [1.29, 1.82) is 0 Å². The molecule has 0 bridgehead atoms. The molecule has 0 fully saturated rings. The van der Waals surface area contributed by atoms with Crippen molar-refractivity contribution in [2.24, 2.45) is 0 Å². The van der Waals surface area contributed by atoms with E-state index in [2.05, 4.69) is 13.8 Å². The van der Waals surface area contributed by atoms with Gasteiger partial charge in [0, 0.05) is 0 Å². The Balaban J connectivity index is 0. The molecule has 0 spiro atoms. The first kappa shape index (κ1) is 40.9. The van der Waals surface area contributed by atoms with Crippen molar-refractivity contribution in [2.75, 3.05) is 33.8 Å². The Morgan fingerprint density at radius 3 is 1.03 bits per heavy atom. The minimum absolute atomic E-state index is 0.0328. The first-order chi connectivity index (χ1) is 18.9. The third kappa shape index (κ3) is 42.4. The summed E-state index contributed by atoms with van der Waals surface area (Å²) in [5.41, 5.74) is 0. The third-order valence-corrected chi connectivity index (χ3v) is 7.59. The van der Waals surface area contributed by atoms with Crippen molar-refractivity contribution in [2.45, 2.75) is 188 Å². The van der Waals surface area contributed by atoms with Crippen LogP contribution >= 0.6 is 0 Å². The average molecular weight is 559 g/mol. The minimum Gasteiger partial charge on any atom is -0.633 e. The smallest absolute Gasteiger partial charge is 0.107 e. The number of unbranched alkanes of at least 4 members (excludes halogenated alkanes) is 24. The van der Waals surface area contributed by atoms with Crippen LogP contribution in [0.25, 0.3) is 0 Å². The van der Waals surface area contributed by atoms with E-state index in [-0.39, 0.29) is 9.87 Å². The lowest BCUT2D eigenvalue weighted by molar-refractivity contribution is -1.05. The molecule has 0 saturated carbocycles. The van der Waals surface area contributed by atoms with Crippen LogP contribution in [0.2, 0.25) is 0 Å². The van der Waals surface area contributed by atoms with Crippen molar-refractivity contribution >= 4 is 0 Å². The van der Waals surface area contributed by atoms with Gasteiger partial charge in [-0.05, 0) is 32.6 Å². The predicted molar refractivity (Wildman–Crippen MR) is 173 cm³/mol. The van der Waals surface area contributed by atoms with E-state index in [9.17, 15) is 10.4 Å². The van der Waals surface area contributed by atoms with Crippen LogP contribution in [-0.2, 0) is 4.84 Å². The van der Waals surface area contributed by atoms with Gasteiger partial charge in [0.15, 0.2) is 0 Å². The summed E-state index contributed by atoms with van der Waals surface area (Å²) in [6, 6.07) is 0. The van der Waals surface area contributed by atoms with Crippen molar-refractivity contribution < 1.29 is 14.7 Å². The van der Waals surface area contributed by atoms with E-state index in [4.69, 9.17) is 4.84 Å². The van der Waals surface area contributed by atoms with Gasteiger partial charge in [-0.1, -0.05) is 155 Å². The van der Waals surface area contributed by atoms with Crippen LogP contribution in [0, 0.1) is 10.4 Å². The molecule has 0 saturated heterocycles. The van der Waals surface area contributed by atoms with Crippen LogP contribution in [0.1, 0.15) is 188 Å². The highest BCUT2D eigenvalue weighted by Crippen LogP contribution is 2.14. The third-order valence-electron chi connectivity index (χ3n) is 7.59. The lowest BCUT2D eigenvalue weighted by Crippen LogP contribution is -3.06. The molecule has 0 aliphatic carbocycles. The average Bonchev–Trinajstić information content (AvgIpc) is 2.89. The van der Waals surface area contributed by atoms with Crippen LogP contribution in [0.3, 0.4) is 0 Å². The molecular weight excluding hydrogens is 484 g/mol. The second-order valence-corrected chi connectivity index (χ2v) is 12.3. The fourth-order valence-corrected chi connectivity index (χ4v) is 5.03. The fourth-order valence-electron chi connectivity index (χ4n) is 5.03. The summed E-state index contributed by atoms with van der Waals surface area (Å²) in [7, 11) is 3.48. The van der Waals surface area contributed by atoms with Gasteiger partial charge >= 0.3 is 0 Å². The van der Waals surface area contributed by atoms with Crippen LogP contribution in [0.4, 0.5) is 0 Å². The molecule has 238 valence electrons. The molecule has 0 heterocycles. The minimum atomic E-state index is -0.127. The number of nitrogens with zero attached hydrogens (tertiary/aromatic N) is 1. The molecule has 5 heteroatoms. The van der Waals surface area contributed by atoms with E-state index in [1.165, 1.54) is 154 Å². The molecule has 0 aliphatic rings. The summed E-state index contributed by atoms with van der Waals surface area (Å²) in [4.78, 5) is 4.90. The fraction of sp³-hybridized carbons (Fsp3) is 1.00. The Morgan fingerprint density at radius 2 is 0.744 bits per heavy atom. The lowest BCUT2D eigenvalue weighted by atomic mass is 10.0. The normalized spacial score (nSPS) is 12.4. The van der Waals surface area contributed by atoms with E-state index in [0.717, 1.165) is 19.4 Å². The van der Waals surface area contributed by atoms with Crippen LogP contribution in [0.5, 0.6) is 0 Å². The van der Waals surface area contributed by atoms with Crippen molar-refractivity contribution in [1.82, 2.24) is 0 Å². The second kappa shape index (κ2) is 34.0. The Bertz CT molecular complexity index is 429. The number of hydroxylamine groups is 5. The summed E-state index contributed by atoms with van der Waals surface area (Å²) in [5.74, 6) is 0. The quantitative estimate of drug-likeness (QED) is 0.0542. The van der Waals surface area contributed by atoms with Gasteiger partial charge < -0.3 is 15.1 Å². The molecule has 1 N–H and O–H groups in total. The standard InChI is InChI=1S/C18H39NO.C16H35NO2/c1-4-5-6-7-8-9-10-11-12-13-14-15-16-17-18-19(2,3)20;1-3-5-6-7-8-9-10-11-12-13-14-15-16-17(18)19-4-2/h4-18H2,1-3H3;17H,3-16H2,1-2H3. The highest BCUT2D eigenvalue weighted by Gasteiger charge is 2.01. The van der Waals surface area contributed by atoms with Gasteiger partial charge in [-0.25, -0.2) is 10.1 Å². The van der Waals surface area contributed by atoms with Gasteiger partial charge in [0.25, 0.3) is 0 Å². The molecule has 39 heavy (non-hydrogen) atoms. The summed E-state index contributed by atoms with van der Waals surface area (Å²) >= 11 is 0. The van der Waals surface area contributed by atoms with E-state index >= 15 is 0 Å². The molecule has 5 nitrogen and oxygen atoms in total. The molecule has 0 aliphatic heterocycles. The molecule has 1 atom stereocenters. The molecular formula is C34H74N2O3. The maximum atomic E-state index is 11.4. The second-order valence-electron chi connectivity index (χ2n) is 12.3. The molecule has 1 unspecified atom stereocenters. The highest BCUT2D eigenvalue weighted by atomic mass is 16.9. The number of quaternary nitrogens is 2. The molecule has 0 amide bonds. The summed E-state index contributed by atoms with van der Waals surface area (Å²) in [6.45, 7) is 8.29. The van der Waals surface area contributed by atoms with Gasteiger partial charge in [0.1, 0.15) is 13.2 Å². The zero-order chi connectivity index (χ0) is 29.3. The molecule has 0 aromatic carbocycles. The van der Waals surface area contributed by atoms with E-state index < -0.39 is 0 Å². The highest BCUT2D eigenvalue weighted by molar-refractivity contribution is 4.50. The number of rotatable bonds is 30. The van der Waals surface area contributed by atoms with E-state index in [1.807, 2.05) is 6.92 Å². The largest absolute Gasteiger partial charge is 0.633 e.